The minimum atomic E-state index is -0.0821. The average Bonchev–Trinajstić information content (AvgIpc) is 2.93. The summed E-state index contributed by atoms with van der Waals surface area (Å²) < 4.78 is 1.72. The second kappa shape index (κ2) is 5.52. The Balaban J connectivity index is 1.88. The molecule has 100 valence electrons. The Kier molecular flexibility index (Phi) is 4.01. The molecule has 3 N–H and O–H groups in total. The predicted octanol–water partition coefficient (Wildman–Crippen LogP) is 0.833. The summed E-state index contributed by atoms with van der Waals surface area (Å²) >= 11 is 0. The highest BCUT2D eigenvalue weighted by molar-refractivity contribution is 5.92. The summed E-state index contributed by atoms with van der Waals surface area (Å²) in [6.07, 6.45) is 3.59. The van der Waals surface area contributed by atoms with Gasteiger partial charge in [0.2, 0.25) is 0 Å². The fraction of sp³-hybridized carbons (Fsp3) is 0.692. The largest absolute Gasteiger partial charge is 0.350 e. The van der Waals surface area contributed by atoms with E-state index in [1.54, 1.807) is 4.68 Å². The van der Waals surface area contributed by atoms with Gasteiger partial charge in [0.15, 0.2) is 0 Å². The molecule has 2 rings (SSSR count). The van der Waals surface area contributed by atoms with Gasteiger partial charge < -0.3 is 11.1 Å². The number of nitrogens with zero attached hydrogens (tertiary/aromatic N) is 2. The van der Waals surface area contributed by atoms with Gasteiger partial charge in [0.25, 0.3) is 5.91 Å². The Bertz CT molecular complexity index is 407. The van der Waals surface area contributed by atoms with Crippen molar-refractivity contribution in [1.82, 2.24) is 15.1 Å². The summed E-state index contributed by atoms with van der Waals surface area (Å²) in [5.74, 6) is 1.01. The van der Waals surface area contributed by atoms with Gasteiger partial charge in [-0.3, -0.25) is 9.48 Å². The van der Waals surface area contributed by atoms with Crippen molar-refractivity contribution in [2.24, 2.45) is 24.6 Å². The number of hydrogen-bond acceptors (Lipinski definition) is 3. The fourth-order valence-corrected chi connectivity index (χ4v) is 2.68. The number of carbonyl (C=O) groups is 1. The summed E-state index contributed by atoms with van der Waals surface area (Å²) in [6, 6.07) is 1.81. The van der Waals surface area contributed by atoms with Crippen LogP contribution in [0.25, 0.3) is 0 Å². The van der Waals surface area contributed by atoms with E-state index in [4.69, 9.17) is 5.73 Å². The zero-order chi connectivity index (χ0) is 13.1. The van der Waals surface area contributed by atoms with Crippen LogP contribution in [0.15, 0.2) is 6.07 Å². The number of aromatic nitrogens is 2. The summed E-state index contributed by atoms with van der Waals surface area (Å²) in [6.45, 7) is 3.38. The number of nitrogens with two attached hydrogens (primary N) is 1. The molecule has 5 nitrogen and oxygen atoms in total. The lowest BCUT2D eigenvalue weighted by Crippen LogP contribution is -2.33. The molecule has 1 aliphatic rings. The van der Waals surface area contributed by atoms with E-state index in [2.05, 4.69) is 10.4 Å². The molecule has 1 fully saturated rings. The second-order valence-corrected chi connectivity index (χ2v) is 5.19. The Morgan fingerprint density at radius 2 is 2.28 bits per heavy atom. The smallest absolute Gasteiger partial charge is 0.271 e. The van der Waals surface area contributed by atoms with Crippen molar-refractivity contribution < 1.29 is 4.79 Å². The molecule has 1 amide bonds. The fourth-order valence-electron chi connectivity index (χ4n) is 2.68. The van der Waals surface area contributed by atoms with Crippen LogP contribution in [-0.2, 0) is 7.05 Å². The molecule has 1 saturated carbocycles. The Morgan fingerprint density at radius 3 is 2.89 bits per heavy atom. The van der Waals surface area contributed by atoms with Crippen LogP contribution in [-0.4, -0.2) is 28.8 Å². The van der Waals surface area contributed by atoms with E-state index in [-0.39, 0.29) is 5.91 Å². The van der Waals surface area contributed by atoms with Crippen molar-refractivity contribution >= 4 is 5.91 Å². The maximum atomic E-state index is 11.9. The van der Waals surface area contributed by atoms with Crippen molar-refractivity contribution in [2.45, 2.75) is 26.2 Å². The lowest BCUT2D eigenvalue weighted by atomic mass is 9.96. The van der Waals surface area contributed by atoms with E-state index in [0.717, 1.165) is 18.8 Å². The number of nitrogens with one attached hydrogen (secondary N) is 1. The van der Waals surface area contributed by atoms with E-state index in [9.17, 15) is 4.79 Å². The SMILES string of the molecule is Cc1cc(C(=O)NCC2CCCC2CN)nn1C. The van der Waals surface area contributed by atoms with Crippen LogP contribution in [0.3, 0.4) is 0 Å². The molecular weight excluding hydrogens is 228 g/mol. The molecule has 0 aliphatic heterocycles. The van der Waals surface area contributed by atoms with Crippen LogP contribution < -0.4 is 11.1 Å². The molecule has 0 aromatic carbocycles. The van der Waals surface area contributed by atoms with Crippen LogP contribution >= 0.6 is 0 Å². The van der Waals surface area contributed by atoms with Gasteiger partial charge in [-0.2, -0.15) is 5.10 Å². The number of rotatable bonds is 4. The van der Waals surface area contributed by atoms with E-state index in [0.29, 0.717) is 17.5 Å². The van der Waals surface area contributed by atoms with E-state index in [1.807, 2.05) is 20.0 Å². The number of amides is 1. The second-order valence-electron chi connectivity index (χ2n) is 5.19. The van der Waals surface area contributed by atoms with Crippen molar-refractivity contribution in [3.63, 3.8) is 0 Å². The Morgan fingerprint density at radius 1 is 1.56 bits per heavy atom. The first-order valence-corrected chi connectivity index (χ1v) is 6.60. The van der Waals surface area contributed by atoms with Crippen molar-refractivity contribution in [3.8, 4) is 0 Å². The lowest BCUT2D eigenvalue weighted by Gasteiger charge is -2.17. The van der Waals surface area contributed by atoms with Crippen LogP contribution in [0.1, 0.15) is 35.4 Å². The third-order valence-corrected chi connectivity index (χ3v) is 3.99. The first-order valence-electron chi connectivity index (χ1n) is 6.60. The summed E-state index contributed by atoms with van der Waals surface area (Å²) in [5.41, 5.74) is 7.22. The molecule has 1 aromatic heterocycles. The molecule has 0 radical (unpaired) electrons. The topological polar surface area (TPSA) is 72.9 Å². The predicted molar refractivity (Wildman–Crippen MR) is 70.2 cm³/mol. The zero-order valence-electron chi connectivity index (χ0n) is 11.1. The first kappa shape index (κ1) is 13.1. The van der Waals surface area contributed by atoms with Gasteiger partial charge in [-0.1, -0.05) is 6.42 Å². The van der Waals surface area contributed by atoms with Crippen molar-refractivity contribution in [1.29, 1.82) is 0 Å². The molecule has 0 spiro atoms. The maximum Gasteiger partial charge on any atom is 0.271 e. The molecule has 0 saturated heterocycles. The van der Waals surface area contributed by atoms with Gasteiger partial charge in [-0.15, -0.1) is 0 Å². The van der Waals surface area contributed by atoms with Crippen LogP contribution in [0.4, 0.5) is 0 Å². The summed E-state index contributed by atoms with van der Waals surface area (Å²) in [5, 5.41) is 7.15. The van der Waals surface area contributed by atoms with Gasteiger partial charge in [-0.05, 0) is 44.2 Å². The standard InChI is InChI=1S/C13H22N4O/c1-9-6-12(16-17(9)2)13(18)15-8-11-5-3-4-10(11)7-14/h6,10-11H,3-5,7-8,14H2,1-2H3,(H,15,18). The molecular formula is C13H22N4O. The maximum absolute atomic E-state index is 11.9. The highest BCUT2D eigenvalue weighted by Crippen LogP contribution is 2.30. The lowest BCUT2D eigenvalue weighted by molar-refractivity contribution is 0.0938. The minimum absolute atomic E-state index is 0.0821. The number of carbonyl (C=O) groups excluding carboxylic acids is 1. The molecule has 2 atom stereocenters. The van der Waals surface area contributed by atoms with Crippen LogP contribution in [0.2, 0.25) is 0 Å². The van der Waals surface area contributed by atoms with Crippen LogP contribution in [0, 0.1) is 18.8 Å². The van der Waals surface area contributed by atoms with Gasteiger partial charge in [0.1, 0.15) is 5.69 Å². The quantitative estimate of drug-likeness (QED) is 0.831. The number of hydrogen-bond donors (Lipinski definition) is 2. The van der Waals surface area contributed by atoms with Crippen molar-refractivity contribution in [2.75, 3.05) is 13.1 Å². The average molecular weight is 250 g/mol. The molecule has 1 aromatic rings. The van der Waals surface area contributed by atoms with E-state index < -0.39 is 0 Å². The Labute approximate surface area is 108 Å². The zero-order valence-corrected chi connectivity index (χ0v) is 11.1. The molecule has 18 heavy (non-hydrogen) atoms. The van der Waals surface area contributed by atoms with Gasteiger partial charge >= 0.3 is 0 Å². The molecule has 1 heterocycles. The van der Waals surface area contributed by atoms with E-state index >= 15 is 0 Å². The van der Waals surface area contributed by atoms with Gasteiger partial charge in [0, 0.05) is 19.3 Å². The monoisotopic (exact) mass is 250 g/mol. The molecule has 2 unspecified atom stereocenters. The highest BCUT2D eigenvalue weighted by atomic mass is 16.1. The minimum Gasteiger partial charge on any atom is -0.350 e. The highest BCUT2D eigenvalue weighted by Gasteiger charge is 2.26. The third kappa shape index (κ3) is 2.72. The number of aryl methyl sites for hydroxylation is 2. The molecule has 0 bridgehead atoms. The first-order chi connectivity index (χ1) is 8.61. The van der Waals surface area contributed by atoms with Crippen molar-refractivity contribution in [3.05, 3.63) is 17.5 Å². The Hall–Kier alpha value is -1.36. The van der Waals surface area contributed by atoms with Gasteiger partial charge in [-0.25, -0.2) is 0 Å². The van der Waals surface area contributed by atoms with Crippen LogP contribution in [0.5, 0.6) is 0 Å². The normalized spacial score (nSPS) is 23.3. The van der Waals surface area contributed by atoms with E-state index in [1.165, 1.54) is 19.3 Å². The molecule has 1 aliphatic carbocycles. The summed E-state index contributed by atoms with van der Waals surface area (Å²) in [7, 11) is 1.84. The third-order valence-electron chi connectivity index (χ3n) is 3.99. The molecule has 5 heteroatoms. The van der Waals surface area contributed by atoms with Gasteiger partial charge in [0.05, 0.1) is 0 Å². The summed E-state index contributed by atoms with van der Waals surface area (Å²) in [4.78, 5) is 11.9.